The summed E-state index contributed by atoms with van der Waals surface area (Å²) < 4.78 is 25.5. The van der Waals surface area contributed by atoms with Crippen molar-refractivity contribution in [2.24, 2.45) is 4.99 Å². The van der Waals surface area contributed by atoms with Crippen LogP contribution < -0.4 is 4.90 Å². The van der Waals surface area contributed by atoms with E-state index in [9.17, 15) is 13.2 Å². The molecule has 0 N–H and O–H groups in total. The number of amidine groups is 1. The molecule has 2 aliphatic rings. The maximum Gasteiger partial charge on any atom is 0.252 e. The second-order valence-corrected chi connectivity index (χ2v) is 11.8. The van der Waals surface area contributed by atoms with Crippen molar-refractivity contribution in [3.05, 3.63) is 63.6 Å². The van der Waals surface area contributed by atoms with Gasteiger partial charge in [0.25, 0.3) is 5.91 Å². The molecule has 8 heteroatoms. The fourth-order valence-electron chi connectivity index (χ4n) is 4.03. The number of hydrogen-bond donors (Lipinski definition) is 0. The van der Waals surface area contributed by atoms with Crippen LogP contribution in [0.1, 0.15) is 16.7 Å². The molecule has 2 fully saturated rings. The summed E-state index contributed by atoms with van der Waals surface area (Å²) in [6.45, 7) is 4.00. The Kier molecular flexibility index (Phi) is 5.61. The number of thioether (sulfide) groups is 1. The van der Waals surface area contributed by atoms with E-state index in [1.54, 1.807) is 0 Å². The number of fused-ring (bicyclic) bond motifs is 1. The van der Waals surface area contributed by atoms with Gasteiger partial charge in [-0.15, -0.1) is 0 Å². The molecule has 1 amide bonds. The maximum absolute atomic E-state index is 12.7. The van der Waals surface area contributed by atoms with Crippen LogP contribution in [-0.4, -0.2) is 42.3 Å². The maximum atomic E-state index is 12.7. The molecule has 0 saturated carbocycles. The van der Waals surface area contributed by atoms with E-state index < -0.39 is 9.84 Å². The summed E-state index contributed by atoms with van der Waals surface area (Å²) in [5.74, 6) is -0.0100. The fraction of sp³-hybridized carbons (Fsp3) is 0.333. The van der Waals surface area contributed by atoms with Crippen LogP contribution >= 0.6 is 27.7 Å². The van der Waals surface area contributed by atoms with Gasteiger partial charge in [-0.1, -0.05) is 58.0 Å². The molecule has 0 radical (unpaired) electrons. The monoisotopic (exact) mass is 492 g/mol. The Hall–Kier alpha value is -1.64. The van der Waals surface area contributed by atoms with Gasteiger partial charge in [-0.2, -0.15) is 4.99 Å². The Balaban J connectivity index is 1.72. The number of aliphatic imine (C=N–C) groups is 1. The van der Waals surface area contributed by atoms with Crippen molar-refractivity contribution in [2.45, 2.75) is 31.6 Å². The first-order valence-corrected chi connectivity index (χ1v) is 12.8. The Labute approximate surface area is 183 Å². The van der Waals surface area contributed by atoms with Crippen LogP contribution in [0, 0.1) is 13.8 Å². The number of amides is 1. The van der Waals surface area contributed by atoms with Crippen molar-refractivity contribution in [3.8, 4) is 0 Å². The van der Waals surface area contributed by atoms with Crippen LogP contribution in [0.4, 0.5) is 5.69 Å². The van der Waals surface area contributed by atoms with E-state index in [2.05, 4.69) is 20.9 Å². The molecule has 2 saturated heterocycles. The SMILES string of the molecule is Cc1cc(Br)cc(C)c1N1C(=NC(=O)Cc2ccccc2)S[C@H]2CS(=O)(=O)C[C@H]21. The van der Waals surface area contributed by atoms with Crippen molar-refractivity contribution in [2.75, 3.05) is 16.4 Å². The third-order valence-corrected chi connectivity index (χ3v) is 8.85. The highest BCUT2D eigenvalue weighted by molar-refractivity contribution is 9.10. The van der Waals surface area contributed by atoms with Gasteiger partial charge in [0.2, 0.25) is 0 Å². The molecule has 2 heterocycles. The van der Waals surface area contributed by atoms with Crippen LogP contribution in [-0.2, 0) is 21.1 Å². The van der Waals surface area contributed by atoms with Gasteiger partial charge in [-0.25, -0.2) is 8.42 Å². The van der Waals surface area contributed by atoms with E-state index in [1.807, 2.05) is 61.2 Å². The molecular formula is C21H21BrN2O3S2. The number of aryl methyl sites for hydroxylation is 2. The zero-order chi connectivity index (χ0) is 20.8. The topological polar surface area (TPSA) is 66.8 Å². The number of sulfone groups is 1. The van der Waals surface area contributed by atoms with Gasteiger partial charge in [-0.3, -0.25) is 4.79 Å². The summed E-state index contributed by atoms with van der Waals surface area (Å²) >= 11 is 4.93. The van der Waals surface area contributed by atoms with Gasteiger partial charge in [0.1, 0.15) is 0 Å². The Bertz CT molecular complexity index is 1080. The number of rotatable bonds is 3. The average Bonchev–Trinajstić information content (AvgIpc) is 3.07. The van der Waals surface area contributed by atoms with E-state index in [-0.39, 0.29) is 35.1 Å². The van der Waals surface area contributed by atoms with Crippen LogP contribution in [0.15, 0.2) is 51.9 Å². The zero-order valence-electron chi connectivity index (χ0n) is 16.1. The van der Waals surface area contributed by atoms with E-state index in [0.717, 1.165) is 26.9 Å². The molecular weight excluding hydrogens is 472 g/mol. The molecule has 0 bridgehead atoms. The summed E-state index contributed by atoms with van der Waals surface area (Å²) in [6, 6.07) is 13.3. The third kappa shape index (κ3) is 4.29. The highest BCUT2D eigenvalue weighted by atomic mass is 79.9. The summed E-state index contributed by atoms with van der Waals surface area (Å²) in [4.78, 5) is 19.1. The first-order chi connectivity index (χ1) is 13.7. The minimum Gasteiger partial charge on any atom is -0.315 e. The molecule has 2 aromatic rings. The molecule has 2 atom stereocenters. The number of carbonyl (C=O) groups excluding carboxylic acids is 1. The largest absolute Gasteiger partial charge is 0.315 e. The van der Waals surface area contributed by atoms with Gasteiger partial charge >= 0.3 is 0 Å². The van der Waals surface area contributed by atoms with Crippen molar-refractivity contribution in [1.82, 2.24) is 0 Å². The molecule has 0 aromatic heterocycles. The Morgan fingerprint density at radius 3 is 2.48 bits per heavy atom. The minimum atomic E-state index is -3.09. The highest BCUT2D eigenvalue weighted by Gasteiger charge is 2.50. The van der Waals surface area contributed by atoms with Crippen molar-refractivity contribution in [1.29, 1.82) is 0 Å². The Morgan fingerprint density at radius 1 is 1.17 bits per heavy atom. The quantitative estimate of drug-likeness (QED) is 0.649. The predicted octanol–water partition coefficient (Wildman–Crippen LogP) is 3.91. The van der Waals surface area contributed by atoms with Crippen LogP contribution in [0.5, 0.6) is 0 Å². The van der Waals surface area contributed by atoms with Gasteiger partial charge in [0.05, 0.1) is 24.0 Å². The number of carbonyl (C=O) groups is 1. The van der Waals surface area contributed by atoms with E-state index in [4.69, 9.17) is 0 Å². The van der Waals surface area contributed by atoms with Gasteiger partial charge in [0, 0.05) is 15.4 Å². The van der Waals surface area contributed by atoms with E-state index >= 15 is 0 Å². The molecule has 0 unspecified atom stereocenters. The summed E-state index contributed by atoms with van der Waals surface area (Å²) in [7, 11) is -3.09. The minimum absolute atomic E-state index is 0.0888. The molecule has 29 heavy (non-hydrogen) atoms. The van der Waals surface area contributed by atoms with E-state index in [0.29, 0.717) is 5.17 Å². The predicted molar refractivity (Wildman–Crippen MR) is 123 cm³/mol. The van der Waals surface area contributed by atoms with Gasteiger partial charge < -0.3 is 4.90 Å². The second kappa shape index (κ2) is 7.89. The fourth-order valence-corrected chi connectivity index (χ4v) is 8.63. The van der Waals surface area contributed by atoms with Crippen molar-refractivity contribution < 1.29 is 13.2 Å². The molecule has 5 nitrogen and oxygen atoms in total. The number of benzene rings is 2. The second-order valence-electron chi connectivity index (χ2n) is 7.51. The molecule has 0 spiro atoms. The molecule has 4 rings (SSSR count). The lowest BCUT2D eigenvalue weighted by molar-refractivity contribution is -0.117. The molecule has 2 aromatic carbocycles. The molecule has 0 aliphatic carbocycles. The molecule has 152 valence electrons. The average molecular weight is 493 g/mol. The summed E-state index contributed by atoms with van der Waals surface area (Å²) in [5.41, 5.74) is 3.89. The highest BCUT2D eigenvalue weighted by Crippen LogP contribution is 2.43. The summed E-state index contributed by atoms with van der Waals surface area (Å²) in [6.07, 6.45) is 0.227. The van der Waals surface area contributed by atoms with E-state index in [1.165, 1.54) is 11.8 Å². The lowest BCUT2D eigenvalue weighted by Crippen LogP contribution is -2.38. The lowest BCUT2D eigenvalue weighted by atomic mass is 10.1. The first kappa shape index (κ1) is 20.6. The number of anilines is 1. The lowest BCUT2D eigenvalue weighted by Gasteiger charge is -2.28. The number of nitrogens with zero attached hydrogens (tertiary/aromatic N) is 2. The standard InChI is InChI=1S/C21H21BrN2O3S2/c1-13-8-16(22)9-14(2)20(13)24-17-11-29(26,27)12-18(17)28-21(24)23-19(25)10-15-6-4-3-5-7-15/h3-9,17-18H,10-12H2,1-2H3/t17-,18+/m1/s1. The van der Waals surface area contributed by atoms with Gasteiger partial charge in [-0.05, 0) is 42.7 Å². The van der Waals surface area contributed by atoms with Crippen molar-refractivity contribution in [3.63, 3.8) is 0 Å². The molecule has 2 aliphatic heterocycles. The smallest absolute Gasteiger partial charge is 0.252 e. The van der Waals surface area contributed by atoms with Gasteiger partial charge in [0.15, 0.2) is 15.0 Å². The third-order valence-electron chi connectivity index (χ3n) is 5.18. The van der Waals surface area contributed by atoms with Crippen LogP contribution in [0.25, 0.3) is 0 Å². The van der Waals surface area contributed by atoms with Crippen LogP contribution in [0.3, 0.4) is 0 Å². The van der Waals surface area contributed by atoms with Crippen molar-refractivity contribution >= 4 is 54.3 Å². The zero-order valence-corrected chi connectivity index (χ0v) is 19.4. The summed E-state index contributed by atoms with van der Waals surface area (Å²) in [5, 5.41) is 0.495. The Morgan fingerprint density at radius 2 is 1.83 bits per heavy atom. The number of halogens is 1. The number of hydrogen-bond acceptors (Lipinski definition) is 4. The first-order valence-electron chi connectivity index (χ1n) is 9.32. The van der Waals surface area contributed by atoms with Crippen LogP contribution in [0.2, 0.25) is 0 Å². The normalized spacial score (nSPS) is 24.1.